The van der Waals surface area contributed by atoms with Crippen molar-refractivity contribution in [3.63, 3.8) is 0 Å². The summed E-state index contributed by atoms with van der Waals surface area (Å²) in [6, 6.07) is 14.9. The molecule has 1 aliphatic heterocycles. The first-order valence-corrected chi connectivity index (χ1v) is 14.1. The van der Waals surface area contributed by atoms with Gasteiger partial charge in [-0.1, -0.05) is 31.2 Å². The minimum absolute atomic E-state index is 0.00624. The lowest BCUT2D eigenvalue weighted by atomic mass is 9.95. The van der Waals surface area contributed by atoms with Crippen molar-refractivity contribution in [3.05, 3.63) is 88.6 Å². The van der Waals surface area contributed by atoms with Crippen LogP contribution in [0.5, 0.6) is 0 Å². The number of alkyl halides is 3. The van der Waals surface area contributed by atoms with Crippen molar-refractivity contribution in [2.75, 3.05) is 30.9 Å². The highest BCUT2D eigenvalue weighted by Gasteiger charge is 2.35. The van der Waals surface area contributed by atoms with Crippen LogP contribution in [-0.2, 0) is 27.2 Å². The summed E-state index contributed by atoms with van der Waals surface area (Å²) in [5.41, 5.74) is 7.18. The molecule has 1 amide bonds. The van der Waals surface area contributed by atoms with Gasteiger partial charge in [0.05, 0.1) is 40.1 Å². The van der Waals surface area contributed by atoms with E-state index in [1.807, 2.05) is 4.90 Å². The summed E-state index contributed by atoms with van der Waals surface area (Å²) in [5, 5.41) is 0. The first-order valence-electron chi connectivity index (χ1n) is 12.5. The molecular weight excluding hydrogens is 531 g/mol. The van der Waals surface area contributed by atoms with Crippen LogP contribution in [0.3, 0.4) is 0 Å². The Morgan fingerprint density at radius 1 is 1.08 bits per heavy atom. The molecule has 0 spiro atoms. The summed E-state index contributed by atoms with van der Waals surface area (Å²) in [6.45, 7) is 2.47. The number of methoxy groups -OCH3 is 1. The highest BCUT2D eigenvalue weighted by molar-refractivity contribution is 7.91. The summed E-state index contributed by atoms with van der Waals surface area (Å²) < 4.78 is 68.8. The zero-order valence-electron chi connectivity index (χ0n) is 21.6. The molecule has 2 atom stereocenters. The van der Waals surface area contributed by atoms with Gasteiger partial charge in [0.25, 0.3) is 5.91 Å². The summed E-state index contributed by atoms with van der Waals surface area (Å²) in [7, 11) is -1.76. The second-order valence-corrected chi connectivity index (χ2v) is 11.8. The Morgan fingerprint density at radius 2 is 1.74 bits per heavy atom. The SMILES string of the molecule is CCS(=O)(=O)c1ccc(Cc2nc(N3CC(c4ccc(C(F)(F)F)cc4)C[C@H]3COC)ccc2C(N)=O)cc1. The smallest absolute Gasteiger partial charge is 0.383 e. The third-order valence-electron chi connectivity index (χ3n) is 7.04. The third kappa shape index (κ3) is 6.42. The standard InChI is InChI=1S/C28H30F3N3O4S/c1-3-39(36,37)23-10-4-18(5-11-23)14-25-24(27(32)35)12-13-26(33-25)34-16-20(15-22(34)17-38-2)19-6-8-21(9-7-19)28(29,30)31/h4-13,20,22H,3,14-17H2,1-2H3,(H2,32,35)/t20?,22-/m0/s1. The number of aromatic nitrogens is 1. The summed E-state index contributed by atoms with van der Waals surface area (Å²) in [6.07, 6.45) is -3.49. The third-order valence-corrected chi connectivity index (χ3v) is 8.79. The molecular formula is C28H30F3N3O4S. The Morgan fingerprint density at radius 3 is 2.31 bits per heavy atom. The second kappa shape index (κ2) is 11.4. The molecule has 0 bridgehead atoms. The molecule has 11 heteroatoms. The number of rotatable bonds is 9. The van der Waals surface area contributed by atoms with Crippen LogP contribution in [0, 0.1) is 0 Å². The predicted molar refractivity (Wildman–Crippen MR) is 142 cm³/mol. The lowest BCUT2D eigenvalue weighted by Gasteiger charge is -2.26. The minimum Gasteiger partial charge on any atom is -0.383 e. The van der Waals surface area contributed by atoms with Crippen molar-refractivity contribution in [2.45, 2.75) is 42.8 Å². The van der Waals surface area contributed by atoms with E-state index in [1.54, 1.807) is 38.3 Å². The number of halogens is 3. The molecule has 2 N–H and O–H groups in total. The Kier molecular flexibility index (Phi) is 8.31. The molecule has 1 saturated heterocycles. The zero-order chi connectivity index (χ0) is 28.4. The second-order valence-electron chi connectivity index (χ2n) is 9.57. The van der Waals surface area contributed by atoms with Crippen LogP contribution in [0.4, 0.5) is 19.0 Å². The number of hydrogen-bond acceptors (Lipinski definition) is 6. The van der Waals surface area contributed by atoms with Crippen LogP contribution in [0.15, 0.2) is 65.6 Å². The van der Waals surface area contributed by atoms with Crippen molar-refractivity contribution in [1.82, 2.24) is 4.98 Å². The molecule has 1 unspecified atom stereocenters. The van der Waals surface area contributed by atoms with Crippen molar-refractivity contribution in [2.24, 2.45) is 5.73 Å². The van der Waals surface area contributed by atoms with Gasteiger partial charge in [0.1, 0.15) is 5.82 Å². The number of hydrogen-bond donors (Lipinski definition) is 1. The molecule has 0 radical (unpaired) electrons. The molecule has 1 fully saturated rings. The van der Waals surface area contributed by atoms with Crippen molar-refractivity contribution >= 4 is 21.6 Å². The first kappa shape index (κ1) is 28.6. The van der Waals surface area contributed by atoms with E-state index >= 15 is 0 Å². The fourth-order valence-corrected chi connectivity index (χ4v) is 5.80. The molecule has 2 aromatic carbocycles. The monoisotopic (exact) mass is 561 g/mol. The molecule has 1 aliphatic rings. The topological polar surface area (TPSA) is 103 Å². The van der Waals surface area contributed by atoms with Gasteiger partial charge < -0.3 is 15.4 Å². The van der Waals surface area contributed by atoms with Crippen LogP contribution < -0.4 is 10.6 Å². The van der Waals surface area contributed by atoms with E-state index in [0.717, 1.165) is 23.3 Å². The average Bonchev–Trinajstić information content (AvgIpc) is 3.32. The minimum atomic E-state index is -4.40. The van der Waals surface area contributed by atoms with Gasteiger partial charge >= 0.3 is 6.18 Å². The number of sulfone groups is 1. The molecule has 39 heavy (non-hydrogen) atoms. The maximum Gasteiger partial charge on any atom is 0.416 e. The van der Waals surface area contributed by atoms with E-state index in [4.69, 9.17) is 15.5 Å². The first-order chi connectivity index (χ1) is 18.4. The molecule has 208 valence electrons. The molecule has 4 rings (SSSR count). The van der Waals surface area contributed by atoms with Crippen LogP contribution >= 0.6 is 0 Å². The van der Waals surface area contributed by atoms with Crippen molar-refractivity contribution in [3.8, 4) is 0 Å². The predicted octanol–water partition coefficient (Wildman–Crippen LogP) is 4.59. The Hall–Kier alpha value is -3.44. The van der Waals surface area contributed by atoms with Crippen molar-refractivity contribution in [1.29, 1.82) is 0 Å². The van der Waals surface area contributed by atoms with E-state index < -0.39 is 27.5 Å². The van der Waals surface area contributed by atoms with Crippen LogP contribution in [-0.4, -0.2) is 51.4 Å². The highest BCUT2D eigenvalue weighted by Crippen LogP contribution is 2.37. The molecule has 0 aliphatic carbocycles. The number of benzene rings is 2. The molecule has 1 aromatic heterocycles. The summed E-state index contributed by atoms with van der Waals surface area (Å²) in [4.78, 5) is 19.2. The molecule has 2 heterocycles. The molecule has 7 nitrogen and oxygen atoms in total. The Bertz CT molecular complexity index is 1430. The average molecular weight is 562 g/mol. The zero-order valence-corrected chi connectivity index (χ0v) is 22.4. The van der Waals surface area contributed by atoms with Crippen molar-refractivity contribution < 1.29 is 31.1 Å². The van der Waals surface area contributed by atoms with E-state index in [2.05, 4.69) is 0 Å². The maximum absolute atomic E-state index is 13.0. The van der Waals surface area contributed by atoms with Gasteiger partial charge in [-0.2, -0.15) is 13.2 Å². The fraction of sp³-hybridized carbons (Fsp3) is 0.357. The van der Waals surface area contributed by atoms with E-state index in [0.29, 0.717) is 31.1 Å². The largest absolute Gasteiger partial charge is 0.416 e. The number of primary amides is 1. The lowest BCUT2D eigenvalue weighted by Crippen LogP contribution is -2.34. The summed E-state index contributed by atoms with van der Waals surface area (Å²) >= 11 is 0. The van der Waals surface area contributed by atoms with Crippen LogP contribution in [0.1, 0.15) is 52.0 Å². The summed E-state index contributed by atoms with van der Waals surface area (Å²) in [5.74, 6) is -0.0850. The Labute approximate surface area is 225 Å². The van der Waals surface area contributed by atoms with Crippen LogP contribution in [0.25, 0.3) is 0 Å². The number of nitrogens with zero attached hydrogens (tertiary/aromatic N) is 2. The van der Waals surface area contributed by atoms with Gasteiger partial charge in [0, 0.05) is 26.0 Å². The Balaban J connectivity index is 1.62. The van der Waals surface area contributed by atoms with Gasteiger partial charge in [-0.15, -0.1) is 0 Å². The number of amides is 1. The maximum atomic E-state index is 13.0. The quantitative estimate of drug-likeness (QED) is 0.410. The van der Waals surface area contributed by atoms with Crippen LogP contribution in [0.2, 0.25) is 0 Å². The lowest BCUT2D eigenvalue weighted by molar-refractivity contribution is -0.137. The van der Waals surface area contributed by atoms with Gasteiger partial charge in [0.15, 0.2) is 9.84 Å². The number of ether oxygens (including phenoxy) is 1. The molecule has 0 saturated carbocycles. The normalized spacial score (nSPS) is 17.9. The molecule has 3 aromatic rings. The highest BCUT2D eigenvalue weighted by atomic mass is 32.2. The van der Waals surface area contributed by atoms with E-state index in [-0.39, 0.29) is 34.6 Å². The number of pyridine rings is 1. The number of anilines is 1. The van der Waals surface area contributed by atoms with E-state index in [9.17, 15) is 26.4 Å². The van der Waals surface area contributed by atoms with Gasteiger partial charge in [-0.25, -0.2) is 13.4 Å². The van der Waals surface area contributed by atoms with E-state index in [1.165, 1.54) is 24.3 Å². The fourth-order valence-electron chi connectivity index (χ4n) is 4.92. The number of nitrogens with two attached hydrogens (primary N) is 1. The van der Waals surface area contributed by atoms with Gasteiger partial charge in [-0.3, -0.25) is 4.79 Å². The van der Waals surface area contributed by atoms with Gasteiger partial charge in [-0.05, 0) is 53.9 Å². The number of carbonyl (C=O) groups excluding carboxylic acids is 1. The van der Waals surface area contributed by atoms with Gasteiger partial charge in [0.2, 0.25) is 0 Å². The number of carbonyl (C=O) groups is 1.